The van der Waals surface area contributed by atoms with E-state index in [4.69, 9.17) is 0 Å². The lowest BCUT2D eigenvalue weighted by molar-refractivity contribution is 0.588. The quantitative estimate of drug-likeness (QED) is 0.638. The van der Waals surface area contributed by atoms with E-state index in [1.165, 1.54) is 5.56 Å². The molecular formula is C19H20N4. The fourth-order valence-electron chi connectivity index (χ4n) is 2.53. The first-order valence-corrected chi connectivity index (χ1v) is 7.95. The molecule has 1 atom stereocenters. The summed E-state index contributed by atoms with van der Waals surface area (Å²) < 4.78 is 1.89. The van der Waals surface area contributed by atoms with Crippen molar-refractivity contribution in [2.45, 2.75) is 25.8 Å². The van der Waals surface area contributed by atoms with Crippen LogP contribution in [0.15, 0.2) is 72.8 Å². The van der Waals surface area contributed by atoms with Gasteiger partial charge in [0.25, 0.3) is 0 Å². The van der Waals surface area contributed by atoms with Crippen LogP contribution in [-0.2, 0) is 0 Å². The summed E-state index contributed by atoms with van der Waals surface area (Å²) in [5, 5.41) is 12.4. The number of tetrazole rings is 1. The Kier molecular flexibility index (Phi) is 4.94. The van der Waals surface area contributed by atoms with Crippen LogP contribution >= 0.6 is 0 Å². The first kappa shape index (κ1) is 15.2. The molecule has 0 amide bonds. The average molecular weight is 304 g/mol. The van der Waals surface area contributed by atoms with Crippen LogP contribution in [0.3, 0.4) is 0 Å². The van der Waals surface area contributed by atoms with E-state index in [9.17, 15) is 0 Å². The largest absolute Gasteiger partial charge is 0.214 e. The van der Waals surface area contributed by atoms with Gasteiger partial charge in [-0.25, -0.2) is 4.68 Å². The summed E-state index contributed by atoms with van der Waals surface area (Å²) in [5.74, 6) is 0.778. The normalized spacial score (nSPS) is 12.6. The van der Waals surface area contributed by atoms with E-state index in [1.54, 1.807) is 0 Å². The Labute approximate surface area is 136 Å². The molecule has 1 unspecified atom stereocenters. The molecule has 1 heterocycles. The Bertz CT molecular complexity index is 747. The Hall–Kier alpha value is -2.75. The molecule has 0 aliphatic carbocycles. The maximum Gasteiger partial charge on any atom is 0.182 e. The maximum atomic E-state index is 4.25. The number of nitrogens with zero attached hydrogens (tertiary/aromatic N) is 4. The fraction of sp³-hybridized carbons (Fsp3) is 0.211. The second-order valence-electron chi connectivity index (χ2n) is 5.39. The van der Waals surface area contributed by atoms with E-state index in [2.05, 4.69) is 46.7 Å². The lowest BCUT2D eigenvalue weighted by Gasteiger charge is -2.15. The van der Waals surface area contributed by atoms with E-state index in [0.717, 1.165) is 24.2 Å². The van der Waals surface area contributed by atoms with Gasteiger partial charge in [-0.1, -0.05) is 86.2 Å². The van der Waals surface area contributed by atoms with Gasteiger partial charge in [0.1, 0.15) is 0 Å². The molecule has 2 aromatic carbocycles. The summed E-state index contributed by atoms with van der Waals surface area (Å²) in [6.45, 7) is 2.17. The number of allylic oxidation sites excluding steroid dienone is 2. The Morgan fingerprint density at radius 2 is 1.70 bits per heavy atom. The number of unbranched alkanes of at least 4 members (excludes halogenated alkanes) is 1. The second kappa shape index (κ2) is 7.49. The molecule has 0 fully saturated rings. The summed E-state index contributed by atoms with van der Waals surface area (Å²) >= 11 is 0. The Balaban J connectivity index is 2.03. The van der Waals surface area contributed by atoms with E-state index in [0.29, 0.717) is 0 Å². The van der Waals surface area contributed by atoms with Crippen molar-refractivity contribution in [2.24, 2.45) is 0 Å². The highest BCUT2D eigenvalue weighted by Crippen LogP contribution is 2.25. The number of benzene rings is 2. The van der Waals surface area contributed by atoms with Gasteiger partial charge in [0, 0.05) is 5.56 Å². The lowest BCUT2D eigenvalue weighted by atomic mass is 10.1. The minimum Gasteiger partial charge on any atom is -0.214 e. The standard InChI is InChI=1S/C19H20N4/c1-2-3-6-15-18(16-11-7-4-8-12-16)23-19(20-21-22-23)17-13-9-5-10-14-17/h4-15,18H,2-3H2,1H3. The Morgan fingerprint density at radius 1 is 1.00 bits per heavy atom. The van der Waals surface area contributed by atoms with E-state index >= 15 is 0 Å². The van der Waals surface area contributed by atoms with Crippen molar-refractivity contribution < 1.29 is 0 Å². The molecular weight excluding hydrogens is 284 g/mol. The molecule has 0 aliphatic rings. The molecule has 0 saturated heterocycles. The zero-order valence-corrected chi connectivity index (χ0v) is 13.2. The van der Waals surface area contributed by atoms with E-state index in [1.807, 2.05) is 53.2 Å². The Morgan fingerprint density at radius 3 is 2.39 bits per heavy atom. The van der Waals surface area contributed by atoms with Gasteiger partial charge in [0.15, 0.2) is 5.82 Å². The molecule has 0 bridgehead atoms. The van der Waals surface area contributed by atoms with Crippen LogP contribution in [-0.4, -0.2) is 20.2 Å². The third kappa shape index (κ3) is 3.54. The molecule has 116 valence electrons. The van der Waals surface area contributed by atoms with Crippen molar-refractivity contribution >= 4 is 0 Å². The third-order valence-corrected chi connectivity index (χ3v) is 3.70. The van der Waals surface area contributed by atoms with Crippen LogP contribution in [0.4, 0.5) is 0 Å². The second-order valence-corrected chi connectivity index (χ2v) is 5.39. The molecule has 0 aliphatic heterocycles. The molecule has 0 saturated carbocycles. The van der Waals surface area contributed by atoms with Gasteiger partial charge in [0.05, 0.1) is 6.04 Å². The van der Waals surface area contributed by atoms with Crippen molar-refractivity contribution in [3.8, 4) is 11.4 Å². The van der Waals surface area contributed by atoms with Gasteiger partial charge in [-0.3, -0.25) is 0 Å². The zero-order chi connectivity index (χ0) is 15.9. The lowest BCUT2D eigenvalue weighted by Crippen LogP contribution is -2.12. The summed E-state index contributed by atoms with van der Waals surface area (Å²) in [4.78, 5) is 0. The van der Waals surface area contributed by atoms with Gasteiger partial charge in [-0.05, 0) is 22.4 Å². The summed E-state index contributed by atoms with van der Waals surface area (Å²) in [5.41, 5.74) is 2.19. The van der Waals surface area contributed by atoms with Gasteiger partial charge in [-0.15, -0.1) is 5.10 Å². The number of hydrogen-bond donors (Lipinski definition) is 0. The highest BCUT2D eigenvalue weighted by molar-refractivity contribution is 5.54. The molecule has 0 N–H and O–H groups in total. The monoisotopic (exact) mass is 304 g/mol. The zero-order valence-electron chi connectivity index (χ0n) is 13.2. The average Bonchev–Trinajstić information content (AvgIpc) is 3.10. The van der Waals surface area contributed by atoms with Crippen LogP contribution in [0.1, 0.15) is 31.4 Å². The molecule has 0 radical (unpaired) electrons. The molecule has 23 heavy (non-hydrogen) atoms. The van der Waals surface area contributed by atoms with Crippen molar-refractivity contribution in [3.63, 3.8) is 0 Å². The van der Waals surface area contributed by atoms with Crippen LogP contribution in [0, 0.1) is 0 Å². The first-order chi connectivity index (χ1) is 11.4. The predicted octanol–water partition coefficient (Wildman–Crippen LogP) is 4.29. The molecule has 4 heteroatoms. The van der Waals surface area contributed by atoms with E-state index in [-0.39, 0.29) is 6.04 Å². The molecule has 3 rings (SSSR count). The SMILES string of the molecule is CCCC=CC(c1ccccc1)n1nnnc1-c1ccccc1. The van der Waals surface area contributed by atoms with Crippen molar-refractivity contribution in [1.82, 2.24) is 20.2 Å². The minimum atomic E-state index is -0.00652. The molecule has 0 spiro atoms. The maximum absolute atomic E-state index is 4.25. The van der Waals surface area contributed by atoms with Gasteiger partial charge in [-0.2, -0.15) is 0 Å². The minimum absolute atomic E-state index is 0.00652. The number of aromatic nitrogens is 4. The predicted molar refractivity (Wildman–Crippen MR) is 91.9 cm³/mol. The van der Waals surface area contributed by atoms with E-state index < -0.39 is 0 Å². The van der Waals surface area contributed by atoms with Crippen molar-refractivity contribution in [2.75, 3.05) is 0 Å². The fourth-order valence-corrected chi connectivity index (χ4v) is 2.53. The van der Waals surface area contributed by atoms with Crippen LogP contribution in [0.5, 0.6) is 0 Å². The molecule has 4 nitrogen and oxygen atoms in total. The molecule has 3 aromatic rings. The van der Waals surface area contributed by atoms with Crippen LogP contribution in [0.2, 0.25) is 0 Å². The summed E-state index contributed by atoms with van der Waals surface area (Å²) in [6.07, 6.45) is 6.56. The number of hydrogen-bond acceptors (Lipinski definition) is 3. The topological polar surface area (TPSA) is 43.6 Å². The van der Waals surface area contributed by atoms with Crippen molar-refractivity contribution in [3.05, 3.63) is 78.4 Å². The van der Waals surface area contributed by atoms with Crippen molar-refractivity contribution in [1.29, 1.82) is 0 Å². The highest BCUT2D eigenvalue weighted by Gasteiger charge is 2.17. The van der Waals surface area contributed by atoms with Gasteiger partial charge < -0.3 is 0 Å². The van der Waals surface area contributed by atoms with Gasteiger partial charge in [0.2, 0.25) is 0 Å². The highest BCUT2D eigenvalue weighted by atomic mass is 15.5. The first-order valence-electron chi connectivity index (χ1n) is 7.95. The number of rotatable bonds is 6. The molecule has 1 aromatic heterocycles. The summed E-state index contributed by atoms with van der Waals surface area (Å²) in [7, 11) is 0. The van der Waals surface area contributed by atoms with Gasteiger partial charge >= 0.3 is 0 Å². The third-order valence-electron chi connectivity index (χ3n) is 3.70. The van der Waals surface area contributed by atoms with Crippen LogP contribution < -0.4 is 0 Å². The van der Waals surface area contributed by atoms with Crippen LogP contribution in [0.25, 0.3) is 11.4 Å². The smallest absolute Gasteiger partial charge is 0.182 e. The summed E-state index contributed by atoms with van der Waals surface area (Å²) in [6, 6.07) is 20.4.